The van der Waals surface area contributed by atoms with E-state index in [4.69, 9.17) is 31.2 Å². The van der Waals surface area contributed by atoms with Crippen LogP contribution >= 0.6 is 11.6 Å². The van der Waals surface area contributed by atoms with Gasteiger partial charge in [0.25, 0.3) is 6.01 Å². The average Bonchev–Trinajstić information content (AvgIpc) is 3.20. The van der Waals surface area contributed by atoms with E-state index in [1.807, 2.05) is 6.07 Å². The van der Waals surface area contributed by atoms with Gasteiger partial charge in [0.2, 0.25) is 5.65 Å². The molecule has 2 aromatic heterocycles. The van der Waals surface area contributed by atoms with Crippen molar-refractivity contribution in [3.05, 3.63) is 34.9 Å². The first-order valence-corrected chi connectivity index (χ1v) is 10.9. The maximum Gasteiger partial charge on any atom is 0.490 e. The number of rotatable bonds is 4. The van der Waals surface area contributed by atoms with Gasteiger partial charge in [0, 0.05) is 12.6 Å². The zero-order valence-electron chi connectivity index (χ0n) is 18.4. The van der Waals surface area contributed by atoms with Gasteiger partial charge >= 0.3 is 12.1 Å². The third kappa shape index (κ3) is 6.52. The van der Waals surface area contributed by atoms with Gasteiger partial charge in [-0.15, -0.1) is 0 Å². The molecule has 0 saturated carbocycles. The lowest BCUT2D eigenvalue weighted by Gasteiger charge is -2.31. The Labute approximate surface area is 202 Å². The first kappa shape index (κ1) is 26.1. The van der Waals surface area contributed by atoms with Crippen molar-refractivity contribution in [2.75, 3.05) is 25.0 Å². The van der Waals surface area contributed by atoms with Gasteiger partial charge in [-0.1, -0.05) is 18.5 Å². The fourth-order valence-corrected chi connectivity index (χ4v) is 3.88. The van der Waals surface area contributed by atoms with Gasteiger partial charge < -0.3 is 24.8 Å². The molecular weight excluding hydrogens is 491 g/mol. The SMILES string of the molecule is CCN1CCC[C@@H](Nc2nc3nc(-c4c(O)cc(C#N)cc4Cl)ccc3o2)C1.O=C(O)C(F)(F)F. The first-order valence-electron chi connectivity index (χ1n) is 10.5. The molecule has 0 bridgehead atoms. The Morgan fingerprint density at radius 2 is 2.09 bits per heavy atom. The van der Waals surface area contributed by atoms with Crippen molar-refractivity contribution in [2.24, 2.45) is 0 Å². The number of aliphatic carboxylic acids is 1. The molecule has 3 aromatic rings. The van der Waals surface area contributed by atoms with Crippen molar-refractivity contribution in [1.82, 2.24) is 14.9 Å². The van der Waals surface area contributed by atoms with Crippen molar-refractivity contribution < 1.29 is 32.6 Å². The van der Waals surface area contributed by atoms with E-state index in [1.165, 1.54) is 12.1 Å². The lowest BCUT2D eigenvalue weighted by molar-refractivity contribution is -0.192. The Hall–Kier alpha value is -3.56. The number of pyridine rings is 1. The molecule has 186 valence electrons. The molecule has 0 amide bonds. The lowest BCUT2D eigenvalue weighted by atomic mass is 10.1. The van der Waals surface area contributed by atoms with Crippen molar-refractivity contribution >= 4 is 34.8 Å². The second-order valence-corrected chi connectivity index (χ2v) is 8.09. The minimum atomic E-state index is -5.08. The highest BCUT2D eigenvalue weighted by Crippen LogP contribution is 2.36. The zero-order valence-corrected chi connectivity index (χ0v) is 19.2. The third-order valence-corrected chi connectivity index (χ3v) is 5.53. The van der Waals surface area contributed by atoms with E-state index in [2.05, 4.69) is 27.1 Å². The van der Waals surface area contributed by atoms with Crippen molar-refractivity contribution in [3.63, 3.8) is 0 Å². The molecule has 1 fully saturated rings. The van der Waals surface area contributed by atoms with Gasteiger partial charge in [0.1, 0.15) is 5.75 Å². The summed E-state index contributed by atoms with van der Waals surface area (Å²) in [4.78, 5) is 20.2. The number of oxazole rings is 1. The van der Waals surface area contributed by atoms with Crippen LogP contribution < -0.4 is 5.32 Å². The highest BCUT2D eigenvalue weighted by atomic mass is 35.5. The summed E-state index contributed by atoms with van der Waals surface area (Å²) in [6.45, 7) is 5.28. The Kier molecular flexibility index (Phi) is 8.03. The second kappa shape index (κ2) is 10.8. The number of hydrogen-bond acceptors (Lipinski definition) is 8. The highest BCUT2D eigenvalue weighted by molar-refractivity contribution is 6.33. The molecule has 0 spiro atoms. The van der Waals surface area contributed by atoms with Crippen LogP contribution in [0.2, 0.25) is 5.02 Å². The fraction of sp³-hybridized carbons (Fsp3) is 0.364. The van der Waals surface area contributed by atoms with Gasteiger partial charge in [-0.3, -0.25) is 0 Å². The molecule has 1 aliphatic heterocycles. The maximum absolute atomic E-state index is 10.6. The molecule has 1 aliphatic rings. The predicted octanol–water partition coefficient (Wildman–Crippen LogP) is 4.65. The summed E-state index contributed by atoms with van der Waals surface area (Å²) in [6, 6.07) is 9.03. The summed E-state index contributed by atoms with van der Waals surface area (Å²) in [6.07, 6.45) is -2.87. The van der Waals surface area contributed by atoms with Crippen molar-refractivity contribution in [2.45, 2.75) is 32.0 Å². The number of likely N-dealkylation sites (N-methyl/N-ethyl adjacent to an activating group) is 1. The summed E-state index contributed by atoms with van der Waals surface area (Å²) in [7, 11) is 0. The van der Waals surface area contributed by atoms with E-state index in [0.29, 0.717) is 34.5 Å². The van der Waals surface area contributed by atoms with E-state index >= 15 is 0 Å². The van der Waals surface area contributed by atoms with Crippen LogP contribution in [0.1, 0.15) is 25.3 Å². The molecule has 1 aromatic carbocycles. The molecule has 3 N–H and O–H groups in total. The first-order chi connectivity index (χ1) is 16.5. The zero-order chi connectivity index (χ0) is 25.8. The van der Waals surface area contributed by atoms with E-state index in [9.17, 15) is 18.3 Å². The maximum atomic E-state index is 10.6. The monoisotopic (exact) mass is 511 g/mol. The van der Waals surface area contributed by atoms with Gasteiger partial charge in [0.15, 0.2) is 5.58 Å². The van der Waals surface area contributed by atoms with Crippen LogP contribution in [0.4, 0.5) is 19.2 Å². The average molecular weight is 512 g/mol. The number of anilines is 1. The number of phenols is 1. The number of halogens is 4. The smallest absolute Gasteiger partial charge is 0.490 e. The molecular formula is C22H21ClF3N5O4. The van der Waals surface area contributed by atoms with E-state index in [0.717, 1.165) is 32.5 Å². The fourth-order valence-electron chi connectivity index (χ4n) is 3.56. The normalized spacial score (nSPS) is 16.3. The molecule has 4 rings (SSSR count). The van der Waals surface area contributed by atoms with Crippen LogP contribution in [0.15, 0.2) is 28.7 Å². The lowest BCUT2D eigenvalue weighted by Crippen LogP contribution is -2.41. The molecule has 0 unspecified atom stereocenters. The molecule has 35 heavy (non-hydrogen) atoms. The number of nitrogens with one attached hydrogen (secondary N) is 1. The summed E-state index contributed by atoms with van der Waals surface area (Å²) in [5, 5.41) is 30.0. The highest BCUT2D eigenvalue weighted by Gasteiger charge is 2.38. The number of carbonyl (C=O) groups is 1. The van der Waals surface area contributed by atoms with Crippen LogP contribution in [0, 0.1) is 11.3 Å². The molecule has 13 heteroatoms. The molecule has 1 saturated heterocycles. The molecule has 1 atom stereocenters. The number of fused-ring (bicyclic) bond motifs is 1. The van der Waals surface area contributed by atoms with Gasteiger partial charge in [-0.05, 0) is 50.2 Å². The minimum absolute atomic E-state index is 0.0976. The van der Waals surface area contributed by atoms with Gasteiger partial charge in [-0.25, -0.2) is 9.78 Å². The summed E-state index contributed by atoms with van der Waals surface area (Å²) < 4.78 is 37.5. The number of carboxylic acids is 1. The number of hydrogen-bond donors (Lipinski definition) is 3. The van der Waals surface area contributed by atoms with Crippen LogP contribution in [0.3, 0.4) is 0 Å². The number of carboxylic acid groups (broad SMARTS) is 1. The molecule has 0 radical (unpaired) electrons. The molecule has 0 aliphatic carbocycles. The second-order valence-electron chi connectivity index (χ2n) is 7.68. The topological polar surface area (TPSA) is 136 Å². The van der Waals surface area contributed by atoms with Gasteiger partial charge in [0.05, 0.1) is 27.9 Å². The van der Waals surface area contributed by atoms with Crippen molar-refractivity contribution in [1.29, 1.82) is 5.26 Å². The Bertz CT molecular complexity index is 1240. The van der Waals surface area contributed by atoms with E-state index in [1.54, 1.807) is 12.1 Å². The Morgan fingerprint density at radius 1 is 1.37 bits per heavy atom. The summed E-state index contributed by atoms with van der Waals surface area (Å²) in [5.41, 5.74) is 2.11. The summed E-state index contributed by atoms with van der Waals surface area (Å²) >= 11 is 6.25. The molecule has 3 heterocycles. The Morgan fingerprint density at radius 3 is 2.69 bits per heavy atom. The minimum Gasteiger partial charge on any atom is -0.507 e. The van der Waals surface area contributed by atoms with Crippen LogP contribution in [0.25, 0.3) is 22.5 Å². The number of alkyl halides is 3. The number of piperidine rings is 1. The quantitative estimate of drug-likeness (QED) is 0.457. The number of phenolic OH excluding ortho intramolecular Hbond substituents is 1. The van der Waals surface area contributed by atoms with Crippen LogP contribution in [-0.4, -0.2) is 62.9 Å². The standard InChI is InChI=1S/C20H20ClN5O2.C2HF3O2/c1-2-26-7-3-4-13(11-26)23-20-25-19-17(28-20)6-5-15(24-19)18-14(21)8-12(10-22)9-16(18)27;3-2(4,5)1(6)7/h5-6,8-9,13,27H,2-4,7,11H2,1H3,(H,23,24,25);(H,6,7)/t13-;/m1./s1. The number of likely N-dealkylation sites (tertiary alicyclic amines) is 1. The number of aromatic hydroxyl groups is 1. The predicted molar refractivity (Wildman–Crippen MR) is 121 cm³/mol. The molecule has 9 nitrogen and oxygen atoms in total. The third-order valence-electron chi connectivity index (χ3n) is 5.23. The van der Waals surface area contributed by atoms with Crippen molar-refractivity contribution in [3.8, 4) is 23.1 Å². The number of nitrogens with zero attached hydrogens (tertiary/aromatic N) is 4. The van der Waals surface area contributed by atoms with E-state index in [-0.39, 0.29) is 16.3 Å². The number of nitriles is 1. The van der Waals surface area contributed by atoms with Crippen LogP contribution in [-0.2, 0) is 4.79 Å². The van der Waals surface area contributed by atoms with E-state index < -0.39 is 12.1 Å². The van der Waals surface area contributed by atoms with Crippen LogP contribution in [0.5, 0.6) is 5.75 Å². The summed E-state index contributed by atoms with van der Waals surface area (Å²) in [5.74, 6) is -2.85. The number of benzene rings is 1. The largest absolute Gasteiger partial charge is 0.507 e. The Balaban J connectivity index is 0.000000429. The van der Waals surface area contributed by atoms with Gasteiger partial charge in [-0.2, -0.15) is 23.4 Å². The number of aromatic nitrogens is 2.